The van der Waals surface area contributed by atoms with Gasteiger partial charge in [-0.3, -0.25) is 0 Å². The van der Waals surface area contributed by atoms with Crippen molar-refractivity contribution < 1.29 is 15.2 Å². The van der Waals surface area contributed by atoms with E-state index in [1.54, 1.807) is 6.07 Å². The molecule has 0 saturated heterocycles. The van der Waals surface area contributed by atoms with Crippen molar-refractivity contribution in [3.63, 3.8) is 0 Å². The first-order valence-electron chi connectivity index (χ1n) is 9.84. The Balaban J connectivity index is 1.77. The van der Waals surface area contributed by atoms with Crippen LogP contribution in [0.25, 0.3) is 5.70 Å². The largest absolute Gasteiger partial charge is 0.504 e. The van der Waals surface area contributed by atoms with Crippen LogP contribution in [-0.4, -0.2) is 11.7 Å². The number of nitrogens with two attached hydrogens (primary N) is 1. The number of phenols is 1. The van der Waals surface area contributed by atoms with Crippen molar-refractivity contribution in [1.82, 2.24) is 5.32 Å². The van der Waals surface area contributed by atoms with Gasteiger partial charge in [0.1, 0.15) is 6.04 Å². The van der Waals surface area contributed by atoms with Crippen LogP contribution in [-0.2, 0) is 0 Å². The maximum atomic E-state index is 10.8. The number of ether oxygens (including phenoxy) is 1. The van der Waals surface area contributed by atoms with Crippen LogP contribution in [0.1, 0.15) is 35.8 Å². The molecule has 154 valence electrons. The maximum Gasteiger partial charge on any atom is 0.186 e. The highest BCUT2D eigenvalue weighted by molar-refractivity contribution is 9.10. The molecule has 1 aliphatic rings. The van der Waals surface area contributed by atoms with Crippen LogP contribution in [0, 0.1) is 0 Å². The SMILES string of the molecule is CCOc1cccc(C2C=C(c3cccc(Br)c3)NC(c3ccc(Cl)cc3)[NH2+]2)c1O. The van der Waals surface area contributed by atoms with E-state index in [4.69, 9.17) is 16.3 Å². The Labute approximate surface area is 189 Å². The summed E-state index contributed by atoms with van der Waals surface area (Å²) in [7, 11) is 0. The average molecular weight is 487 g/mol. The monoisotopic (exact) mass is 485 g/mol. The Bertz CT molecular complexity index is 1070. The summed E-state index contributed by atoms with van der Waals surface area (Å²) in [6.45, 7) is 2.41. The van der Waals surface area contributed by atoms with Gasteiger partial charge in [-0.15, -0.1) is 0 Å². The lowest BCUT2D eigenvalue weighted by Crippen LogP contribution is -2.89. The quantitative estimate of drug-likeness (QED) is 0.467. The molecule has 0 spiro atoms. The van der Waals surface area contributed by atoms with Gasteiger partial charge in [0.25, 0.3) is 0 Å². The molecule has 2 atom stereocenters. The minimum Gasteiger partial charge on any atom is -0.504 e. The van der Waals surface area contributed by atoms with Gasteiger partial charge in [-0.2, -0.15) is 0 Å². The van der Waals surface area contributed by atoms with Gasteiger partial charge in [0.2, 0.25) is 0 Å². The van der Waals surface area contributed by atoms with Crippen molar-refractivity contribution in [2.45, 2.75) is 19.1 Å². The molecule has 0 amide bonds. The van der Waals surface area contributed by atoms with Gasteiger partial charge in [-0.25, -0.2) is 0 Å². The van der Waals surface area contributed by atoms with E-state index in [1.807, 2.05) is 55.5 Å². The molecule has 30 heavy (non-hydrogen) atoms. The number of hydrogen-bond acceptors (Lipinski definition) is 3. The summed E-state index contributed by atoms with van der Waals surface area (Å²) in [5.74, 6) is 0.685. The smallest absolute Gasteiger partial charge is 0.186 e. The second-order valence-corrected chi connectivity index (χ2v) is 8.46. The molecule has 4 rings (SSSR count). The van der Waals surface area contributed by atoms with E-state index in [2.05, 4.69) is 44.8 Å². The first-order chi connectivity index (χ1) is 14.5. The Kier molecular flexibility index (Phi) is 6.32. The van der Waals surface area contributed by atoms with Gasteiger partial charge in [-0.05, 0) is 61.0 Å². The summed E-state index contributed by atoms with van der Waals surface area (Å²) in [4.78, 5) is 0. The molecule has 0 fully saturated rings. The Morgan fingerprint density at radius 3 is 2.60 bits per heavy atom. The number of quaternary nitrogens is 1. The molecule has 2 unspecified atom stereocenters. The molecule has 6 heteroatoms. The van der Waals surface area contributed by atoms with E-state index >= 15 is 0 Å². The third-order valence-corrected chi connectivity index (χ3v) is 5.86. The van der Waals surface area contributed by atoms with Gasteiger partial charge >= 0.3 is 0 Å². The van der Waals surface area contributed by atoms with E-state index in [9.17, 15) is 5.11 Å². The van der Waals surface area contributed by atoms with E-state index in [1.165, 1.54) is 0 Å². The number of halogens is 2. The summed E-state index contributed by atoms with van der Waals surface area (Å²) in [6, 6.07) is 21.6. The lowest BCUT2D eigenvalue weighted by molar-refractivity contribution is -0.731. The summed E-state index contributed by atoms with van der Waals surface area (Å²) in [5, 5.41) is 17.4. The van der Waals surface area contributed by atoms with Crippen LogP contribution in [0.3, 0.4) is 0 Å². The molecule has 0 radical (unpaired) electrons. The molecule has 0 aromatic heterocycles. The molecule has 3 aromatic rings. The predicted octanol–water partition coefficient (Wildman–Crippen LogP) is 5.15. The zero-order chi connectivity index (χ0) is 21.1. The van der Waals surface area contributed by atoms with Crippen LogP contribution < -0.4 is 15.4 Å². The number of benzene rings is 3. The molecule has 0 bridgehead atoms. The third kappa shape index (κ3) is 4.48. The number of rotatable bonds is 5. The Hall–Kier alpha value is -2.47. The zero-order valence-electron chi connectivity index (χ0n) is 16.5. The first-order valence-corrected chi connectivity index (χ1v) is 11.0. The van der Waals surface area contributed by atoms with Crippen molar-refractivity contribution in [2.24, 2.45) is 0 Å². The lowest BCUT2D eigenvalue weighted by Gasteiger charge is -2.30. The van der Waals surface area contributed by atoms with Crippen molar-refractivity contribution in [2.75, 3.05) is 6.61 Å². The number of nitrogens with one attached hydrogen (secondary N) is 1. The van der Waals surface area contributed by atoms with Crippen molar-refractivity contribution >= 4 is 33.2 Å². The highest BCUT2D eigenvalue weighted by Crippen LogP contribution is 2.35. The molecule has 4 nitrogen and oxygen atoms in total. The van der Waals surface area contributed by atoms with Crippen LogP contribution in [0.15, 0.2) is 77.3 Å². The van der Waals surface area contributed by atoms with Crippen LogP contribution >= 0.6 is 27.5 Å². The Morgan fingerprint density at radius 2 is 1.87 bits per heavy atom. The fraction of sp³-hybridized carbons (Fsp3) is 0.167. The third-order valence-electron chi connectivity index (χ3n) is 5.11. The molecule has 3 aromatic carbocycles. The lowest BCUT2D eigenvalue weighted by atomic mass is 9.97. The fourth-order valence-corrected chi connectivity index (χ4v) is 4.21. The van der Waals surface area contributed by atoms with E-state index in [0.29, 0.717) is 17.4 Å². The minimum absolute atomic E-state index is 0.0404. The Morgan fingerprint density at radius 1 is 1.10 bits per heavy atom. The number of aromatic hydroxyl groups is 1. The number of phenolic OH excluding ortho intramolecular Hbond substituents is 1. The molecule has 0 aliphatic carbocycles. The second-order valence-electron chi connectivity index (χ2n) is 7.11. The maximum absolute atomic E-state index is 10.8. The van der Waals surface area contributed by atoms with Gasteiger partial charge < -0.3 is 20.5 Å². The van der Waals surface area contributed by atoms with Gasteiger partial charge in [-0.1, -0.05) is 45.7 Å². The minimum atomic E-state index is -0.0960. The van der Waals surface area contributed by atoms with E-state index < -0.39 is 0 Å². The first kappa shape index (κ1) is 20.8. The van der Waals surface area contributed by atoms with Crippen molar-refractivity contribution in [3.05, 3.63) is 99.0 Å². The molecule has 1 heterocycles. The van der Waals surface area contributed by atoms with Gasteiger partial charge in [0.15, 0.2) is 17.7 Å². The van der Waals surface area contributed by atoms with E-state index in [-0.39, 0.29) is 18.0 Å². The highest BCUT2D eigenvalue weighted by atomic mass is 79.9. The molecule has 0 saturated carbocycles. The van der Waals surface area contributed by atoms with Crippen molar-refractivity contribution in [3.8, 4) is 11.5 Å². The zero-order valence-corrected chi connectivity index (χ0v) is 18.8. The van der Waals surface area contributed by atoms with Crippen LogP contribution in [0.5, 0.6) is 11.5 Å². The number of para-hydroxylation sites is 1. The molecule has 4 N–H and O–H groups in total. The topological polar surface area (TPSA) is 58.1 Å². The van der Waals surface area contributed by atoms with Gasteiger partial charge in [0.05, 0.1) is 12.2 Å². The molecular weight excluding hydrogens is 464 g/mol. The van der Waals surface area contributed by atoms with E-state index in [0.717, 1.165) is 26.9 Å². The molecular formula is C24H23BrClN2O2+. The van der Waals surface area contributed by atoms with Crippen LogP contribution in [0.4, 0.5) is 0 Å². The average Bonchev–Trinajstić information content (AvgIpc) is 2.75. The highest BCUT2D eigenvalue weighted by Gasteiger charge is 2.30. The normalized spacial score (nSPS) is 18.4. The van der Waals surface area contributed by atoms with Gasteiger partial charge in [0, 0.05) is 26.8 Å². The predicted molar refractivity (Wildman–Crippen MR) is 123 cm³/mol. The summed E-state index contributed by atoms with van der Waals surface area (Å²) in [6.07, 6.45) is 2.10. The second kappa shape index (κ2) is 9.13. The van der Waals surface area contributed by atoms with Crippen LogP contribution in [0.2, 0.25) is 5.02 Å². The summed E-state index contributed by atoms with van der Waals surface area (Å²) < 4.78 is 6.61. The number of hydrogen-bond donors (Lipinski definition) is 3. The standard InChI is InChI=1S/C24H22BrClN2O2/c1-2-30-22-8-4-7-19(23(22)29)21-14-20(16-5-3-6-17(25)13-16)27-24(28-21)15-9-11-18(26)12-10-15/h3-14,21,24,27-29H,2H2,1H3/p+1. The summed E-state index contributed by atoms with van der Waals surface area (Å²) >= 11 is 9.65. The van der Waals surface area contributed by atoms with Crippen molar-refractivity contribution in [1.29, 1.82) is 0 Å². The summed E-state index contributed by atoms with van der Waals surface area (Å²) in [5.41, 5.74) is 3.99. The molecule has 1 aliphatic heterocycles. The fourth-order valence-electron chi connectivity index (χ4n) is 3.68.